The first-order valence-corrected chi connectivity index (χ1v) is 6.40. The van der Waals surface area contributed by atoms with Crippen LogP contribution in [0.3, 0.4) is 0 Å². The van der Waals surface area contributed by atoms with Crippen molar-refractivity contribution in [3.05, 3.63) is 36.0 Å². The summed E-state index contributed by atoms with van der Waals surface area (Å²) in [5, 5.41) is 8.74. The van der Waals surface area contributed by atoms with E-state index in [1.165, 1.54) is 7.11 Å². The lowest BCUT2D eigenvalue weighted by Crippen LogP contribution is -2.03. The maximum Gasteiger partial charge on any atom is 0.303 e. The molecule has 2 rings (SSSR count). The number of hydrogen-bond acceptors (Lipinski definition) is 5. The van der Waals surface area contributed by atoms with Crippen molar-refractivity contribution in [2.75, 3.05) is 14.2 Å². The monoisotopic (exact) mass is 288 g/mol. The largest absolute Gasteiger partial charge is 0.496 e. The third-order valence-corrected chi connectivity index (χ3v) is 2.97. The molecule has 0 aliphatic heterocycles. The predicted octanol–water partition coefficient (Wildman–Crippen LogP) is 2.18. The van der Waals surface area contributed by atoms with Crippen LogP contribution in [0.2, 0.25) is 0 Å². The van der Waals surface area contributed by atoms with Crippen LogP contribution < -0.4 is 9.47 Å². The third kappa shape index (κ3) is 3.47. The van der Waals surface area contributed by atoms with Gasteiger partial charge in [0.05, 0.1) is 19.8 Å². The maximum absolute atomic E-state index is 10.6. The zero-order valence-corrected chi connectivity index (χ0v) is 11.9. The molecule has 1 N–H and O–H groups in total. The van der Waals surface area contributed by atoms with E-state index in [1.54, 1.807) is 13.3 Å². The van der Waals surface area contributed by atoms with Crippen LogP contribution in [-0.2, 0) is 11.2 Å². The Morgan fingerprint density at radius 3 is 2.67 bits per heavy atom. The van der Waals surface area contributed by atoms with E-state index in [0.29, 0.717) is 29.4 Å². The second-order valence-electron chi connectivity index (χ2n) is 4.32. The molecular weight excluding hydrogens is 272 g/mol. The van der Waals surface area contributed by atoms with Gasteiger partial charge in [-0.2, -0.15) is 4.98 Å². The zero-order valence-electron chi connectivity index (χ0n) is 11.9. The van der Waals surface area contributed by atoms with Gasteiger partial charge in [-0.15, -0.1) is 0 Å². The van der Waals surface area contributed by atoms with Crippen molar-refractivity contribution in [3.8, 4) is 23.0 Å². The predicted molar refractivity (Wildman–Crippen MR) is 76.5 cm³/mol. The normalized spacial score (nSPS) is 10.2. The number of ether oxygens (including phenoxy) is 2. The summed E-state index contributed by atoms with van der Waals surface area (Å²) in [5.41, 5.74) is 1.42. The molecule has 0 amide bonds. The summed E-state index contributed by atoms with van der Waals surface area (Å²) in [5.74, 6) is 0.652. The average molecular weight is 288 g/mol. The number of methoxy groups -OCH3 is 2. The number of carboxylic acids is 1. The Bertz CT molecular complexity index is 643. The molecule has 1 aromatic carbocycles. The van der Waals surface area contributed by atoms with Crippen LogP contribution in [0.5, 0.6) is 11.6 Å². The van der Waals surface area contributed by atoms with E-state index >= 15 is 0 Å². The van der Waals surface area contributed by atoms with Crippen LogP contribution in [0, 0.1) is 0 Å². The number of benzene rings is 1. The highest BCUT2D eigenvalue weighted by molar-refractivity contribution is 5.67. The summed E-state index contributed by atoms with van der Waals surface area (Å²) in [6.45, 7) is 0. The lowest BCUT2D eigenvalue weighted by atomic mass is 10.1. The second kappa shape index (κ2) is 6.69. The molecular formula is C15H16N2O4. The summed E-state index contributed by atoms with van der Waals surface area (Å²) < 4.78 is 10.5. The number of aliphatic carboxylic acids is 1. The maximum atomic E-state index is 10.6. The van der Waals surface area contributed by atoms with Crippen molar-refractivity contribution in [3.63, 3.8) is 0 Å². The lowest BCUT2D eigenvalue weighted by Gasteiger charge is -2.10. The number of aromatic nitrogens is 2. The molecule has 6 heteroatoms. The Kier molecular flexibility index (Phi) is 4.71. The smallest absolute Gasteiger partial charge is 0.303 e. The summed E-state index contributed by atoms with van der Waals surface area (Å²) in [6.07, 6.45) is 1.93. The quantitative estimate of drug-likeness (QED) is 0.877. The molecule has 2 aromatic rings. The van der Waals surface area contributed by atoms with Crippen LogP contribution in [-0.4, -0.2) is 35.3 Å². The molecule has 0 unspecified atom stereocenters. The van der Waals surface area contributed by atoms with E-state index in [1.807, 2.05) is 24.3 Å². The van der Waals surface area contributed by atoms with Gasteiger partial charge in [-0.05, 0) is 18.6 Å². The number of rotatable bonds is 6. The Labute approximate surface area is 122 Å². The number of hydrogen-bond donors (Lipinski definition) is 1. The first-order chi connectivity index (χ1) is 10.2. The molecule has 0 saturated heterocycles. The van der Waals surface area contributed by atoms with Crippen LogP contribution >= 0.6 is 0 Å². The lowest BCUT2D eigenvalue weighted by molar-refractivity contribution is -0.136. The van der Waals surface area contributed by atoms with E-state index in [4.69, 9.17) is 14.6 Å². The fourth-order valence-electron chi connectivity index (χ4n) is 1.94. The van der Waals surface area contributed by atoms with E-state index < -0.39 is 5.97 Å². The minimum atomic E-state index is -0.870. The molecule has 0 bridgehead atoms. The van der Waals surface area contributed by atoms with Gasteiger partial charge >= 0.3 is 5.97 Å². The van der Waals surface area contributed by atoms with Gasteiger partial charge in [0.2, 0.25) is 5.88 Å². The van der Waals surface area contributed by atoms with Crippen molar-refractivity contribution >= 4 is 5.97 Å². The van der Waals surface area contributed by atoms with E-state index in [0.717, 1.165) is 5.56 Å². The van der Waals surface area contributed by atoms with Gasteiger partial charge in [-0.1, -0.05) is 12.1 Å². The molecule has 0 radical (unpaired) electrons. The standard InChI is InChI=1S/C15H16N2O4/c1-20-12-6-4-3-5-11(12)14-16-9-10(7-8-13(18)19)15(17-14)21-2/h3-6,9H,7-8H2,1-2H3,(H,18,19). The van der Waals surface area contributed by atoms with Crippen LogP contribution in [0.1, 0.15) is 12.0 Å². The summed E-state index contributed by atoms with van der Waals surface area (Å²) in [4.78, 5) is 19.3. The number of carboxylic acid groups (broad SMARTS) is 1. The van der Waals surface area contributed by atoms with Gasteiger partial charge < -0.3 is 14.6 Å². The summed E-state index contributed by atoms with van der Waals surface area (Å²) >= 11 is 0. The summed E-state index contributed by atoms with van der Waals surface area (Å²) in [7, 11) is 3.08. The Morgan fingerprint density at radius 1 is 1.24 bits per heavy atom. The molecule has 21 heavy (non-hydrogen) atoms. The zero-order chi connectivity index (χ0) is 15.2. The van der Waals surface area contributed by atoms with Crippen molar-refractivity contribution in [1.29, 1.82) is 0 Å². The number of aryl methyl sites for hydroxylation is 1. The molecule has 1 heterocycles. The number of para-hydroxylation sites is 1. The minimum Gasteiger partial charge on any atom is -0.496 e. The molecule has 6 nitrogen and oxygen atoms in total. The molecule has 0 saturated carbocycles. The highest BCUT2D eigenvalue weighted by Crippen LogP contribution is 2.28. The van der Waals surface area contributed by atoms with Crippen molar-refractivity contribution < 1.29 is 19.4 Å². The Balaban J connectivity index is 2.36. The molecule has 0 aliphatic rings. The minimum absolute atomic E-state index is 0.00766. The van der Waals surface area contributed by atoms with Crippen molar-refractivity contribution in [2.45, 2.75) is 12.8 Å². The molecule has 0 fully saturated rings. The highest BCUT2D eigenvalue weighted by Gasteiger charge is 2.13. The molecule has 110 valence electrons. The van der Waals surface area contributed by atoms with Gasteiger partial charge in [0.15, 0.2) is 5.82 Å². The van der Waals surface area contributed by atoms with E-state index in [9.17, 15) is 4.79 Å². The number of carbonyl (C=O) groups is 1. The first-order valence-electron chi connectivity index (χ1n) is 6.40. The Hall–Kier alpha value is -2.63. The van der Waals surface area contributed by atoms with Crippen molar-refractivity contribution in [2.24, 2.45) is 0 Å². The average Bonchev–Trinajstić information content (AvgIpc) is 2.52. The topological polar surface area (TPSA) is 81.5 Å². The van der Waals surface area contributed by atoms with Crippen LogP contribution in [0.15, 0.2) is 30.5 Å². The SMILES string of the molecule is COc1ccccc1-c1ncc(CCC(=O)O)c(OC)n1. The molecule has 0 aliphatic carbocycles. The second-order valence-corrected chi connectivity index (χ2v) is 4.32. The van der Waals surface area contributed by atoms with E-state index in [2.05, 4.69) is 9.97 Å². The summed E-state index contributed by atoms with van der Waals surface area (Å²) in [6, 6.07) is 7.40. The van der Waals surface area contributed by atoms with Crippen LogP contribution in [0.4, 0.5) is 0 Å². The highest BCUT2D eigenvalue weighted by atomic mass is 16.5. The molecule has 0 spiro atoms. The van der Waals surface area contributed by atoms with Gasteiger partial charge in [0.1, 0.15) is 5.75 Å². The third-order valence-electron chi connectivity index (χ3n) is 2.97. The van der Waals surface area contributed by atoms with Gasteiger partial charge in [0, 0.05) is 18.2 Å². The van der Waals surface area contributed by atoms with Gasteiger partial charge in [-0.25, -0.2) is 4.98 Å². The first kappa shape index (κ1) is 14.8. The molecule has 1 aromatic heterocycles. The van der Waals surface area contributed by atoms with Gasteiger partial charge in [0.25, 0.3) is 0 Å². The van der Waals surface area contributed by atoms with Gasteiger partial charge in [-0.3, -0.25) is 4.79 Å². The fourth-order valence-corrected chi connectivity index (χ4v) is 1.94. The fraction of sp³-hybridized carbons (Fsp3) is 0.267. The van der Waals surface area contributed by atoms with Crippen molar-refractivity contribution in [1.82, 2.24) is 9.97 Å². The molecule has 0 atom stereocenters. The van der Waals surface area contributed by atoms with E-state index in [-0.39, 0.29) is 6.42 Å². The number of nitrogens with zero attached hydrogens (tertiary/aromatic N) is 2. The van der Waals surface area contributed by atoms with Crippen LogP contribution in [0.25, 0.3) is 11.4 Å². The Morgan fingerprint density at radius 2 is 2.00 bits per heavy atom.